The number of aryl methyl sites for hydroxylation is 1. The Morgan fingerprint density at radius 3 is 2.50 bits per heavy atom. The van der Waals surface area contributed by atoms with Gasteiger partial charge in [0.15, 0.2) is 0 Å². The van der Waals surface area contributed by atoms with Crippen molar-refractivity contribution in [3.8, 4) is 5.69 Å². The van der Waals surface area contributed by atoms with Crippen LogP contribution >= 0.6 is 0 Å². The zero-order valence-electron chi connectivity index (χ0n) is 18.2. The van der Waals surface area contributed by atoms with Crippen LogP contribution in [0.3, 0.4) is 0 Å². The molecule has 176 valence electrons. The maximum absolute atomic E-state index is 14.2. The smallest absolute Gasteiger partial charge is 0.381 e. The van der Waals surface area contributed by atoms with E-state index in [-0.39, 0.29) is 5.56 Å². The molecule has 1 aliphatic carbocycles. The molecule has 1 aromatic heterocycles. The second kappa shape index (κ2) is 8.43. The molecule has 0 amide bonds. The van der Waals surface area contributed by atoms with E-state index in [0.29, 0.717) is 22.3 Å². The molecule has 4 nitrogen and oxygen atoms in total. The number of aromatic nitrogens is 2. The van der Waals surface area contributed by atoms with Gasteiger partial charge in [-0.2, -0.15) is 18.3 Å². The van der Waals surface area contributed by atoms with Crippen LogP contribution in [-0.2, 0) is 18.4 Å². The molecule has 0 saturated carbocycles. The molecular formula is C26H23F4N3O. The number of nitrogens with zero attached hydrogens (tertiary/aromatic N) is 2. The standard InChI is InChI=1S/C26H23F4N3O/c27-20-9-11-21(12-10-20)33-24-13-8-19(14-18(24)15-32-33)25(34,26(28,29)30)16-31-23-7-3-5-17-4-1-2-6-22(17)23/h3,5,7-15,31,34H,1-2,4,6,16H2. The fourth-order valence-corrected chi connectivity index (χ4v) is 4.61. The second-order valence-corrected chi connectivity index (χ2v) is 8.67. The Hall–Kier alpha value is -3.39. The maximum Gasteiger partial charge on any atom is 0.423 e. The largest absolute Gasteiger partial charge is 0.423 e. The van der Waals surface area contributed by atoms with E-state index in [2.05, 4.69) is 10.4 Å². The average molecular weight is 469 g/mol. The van der Waals surface area contributed by atoms with Crippen LogP contribution in [-0.4, -0.2) is 27.6 Å². The van der Waals surface area contributed by atoms with Crippen LogP contribution in [0.15, 0.2) is 66.9 Å². The van der Waals surface area contributed by atoms with Gasteiger partial charge in [0.2, 0.25) is 5.60 Å². The van der Waals surface area contributed by atoms with E-state index >= 15 is 0 Å². The molecule has 0 fully saturated rings. The molecular weight excluding hydrogens is 446 g/mol. The number of hydrogen-bond acceptors (Lipinski definition) is 3. The van der Waals surface area contributed by atoms with Gasteiger partial charge in [0.1, 0.15) is 5.82 Å². The van der Waals surface area contributed by atoms with Crippen LogP contribution in [0.5, 0.6) is 0 Å². The number of rotatable bonds is 5. The zero-order valence-corrected chi connectivity index (χ0v) is 18.2. The average Bonchev–Trinajstić information content (AvgIpc) is 3.25. The third-order valence-corrected chi connectivity index (χ3v) is 6.52. The van der Waals surface area contributed by atoms with Gasteiger partial charge >= 0.3 is 6.18 Å². The van der Waals surface area contributed by atoms with Gasteiger partial charge in [0.25, 0.3) is 0 Å². The molecule has 0 spiro atoms. The summed E-state index contributed by atoms with van der Waals surface area (Å²) in [6.07, 6.45) is 0.286. The molecule has 0 saturated heterocycles. The highest BCUT2D eigenvalue weighted by molar-refractivity contribution is 5.81. The van der Waals surface area contributed by atoms with Gasteiger partial charge in [-0.3, -0.25) is 0 Å². The number of aliphatic hydroxyl groups is 1. The molecule has 4 aromatic rings. The highest BCUT2D eigenvalue weighted by Gasteiger charge is 2.55. The van der Waals surface area contributed by atoms with Crippen LogP contribution in [0.1, 0.15) is 29.5 Å². The highest BCUT2D eigenvalue weighted by atomic mass is 19.4. The first kappa shape index (κ1) is 22.4. The highest BCUT2D eigenvalue weighted by Crippen LogP contribution is 2.41. The summed E-state index contributed by atoms with van der Waals surface area (Å²) in [4.78, 5) is 0. The first-order valence-corrected chi connectivity index (χ1v) is 11.1. The van der Waals surface area contributed by atoms with Gasteiger partial charge in [0, 0.05) is 11.1 Å². The number of anilines is 1. The number of benzene rings is 3. The van der Waals surface area contributed by atoms with Crippen LogP contribution < -0.4 is 5.32 Å². The summed E-state index contributed by atoms with van der Waals surface area (Å²) in [5.41, 5.74) is 0.538. The maximum atomic E-state index is 14.2. The number of alkyl halides is 3. The molecule has 1 unspecified atom stereocenters. The molecule has 0 bridgehead atoms. The number of halogens is 4. The summed E-state index contributed by atoms with van der Waals surface area (Å²) in [6, 6.07) is 15.3. The summed E-state index contributed by atoms with van der Waals surface area (Å²) < 4.78 is 57.4. The SMILES string of the molecule is OC(CNc1cccc2c1CCCC2)(c1ccc2c(cnn2-c2ccc(F)cc2)c1)C(F)(F)F. The van der Waals surface area contributed by atoms with Crippen molar-refractivity contribution in [1.29, 1.82) is 0 Å². The minimum Gasteiger partial charge on any atom is -0.381 e. The van der Waals surface area contributed by atoms with Gasteiger partial charge in [-0.05, 0) is 84.8 Å². The van der Waals surface area contributed by atoms with Crippen molar-refractivity contribution in [2.24, 2.45) is 0 Å². The number of fused-ring (bicyclic) bond motifs is 2. The number of nitrogens with one attached hydrogen (secondary N) is 1. The quantitative estimate of drug-likeness (QED) is 0.358. The van der Waals surface area contributed by atoms with Crippen molar-refractivity contribution in [2.45, 2.75) is 37.5 Å². The lowest BCUT2D eigenvalue weighted by Crippen LogP contribution is -2.47. The Balaban J connectivity index is 1.48. The van der Waals surface area contributed by atoms with Gasteiger partial charge in [-0.15, -0.1) is 0 Å². The molecule has 1 aliphatic rings. The van der Waals surface area contributed by atoms with E-state index in [9.17, 15) is 22.7 Å². The third-order valence-electron chi connectivity index (χ3n) is 6.52. The Morgan fingerprint density at radius 2 is 1.74 bits per heavy atom. The molecule has 34 heavy (non-hydrogen) atoms. The predicted molar refractivity (Wildman–Crippen MR) is 123 cm³/mol. The lowest BCUT2D eigenvalue weighted by molar-refractivity contribution is -0.260. The van der Waals surface area contributed by atoms with Crippen molar-refractivity contribution in [3.05, 3.63) is 89.4 Å². The molecule has 2 N–H and O–H groups in total. The summed E-state index contributed by atoms with van der Waals surface area (Å²) in [7, 11) is 0. The van der Waals surface area contributed by atoms with E-state index in [4.69, 9.17) is 0 Å². The van der Waals surface area contributed by atoms with Gasteiger partial charge in [0.05, 0.1) is 23.9 Å². The van der Waals surface area contributed by atoms with Crippen molar-refractivity contribution < 1.29 is 22.7 Å². The summed E-state index contributed by atoms with van der Waals surface area (Å²) in [5, 5.41) is 18.5. The first-order chi connectivity index (χ1) is 16.3. The van der Waals surface area contributed by atoms with E-state index in [1.165, 1.54) is 53.3 Å². The summed E-state index contributed by atoms with van der Waals surface area (Å²) >= 11 is 0. The zero-order chi connectivity index (χ0) is 23.9. The molecule has 8 heteroatoms. The van der Waals surface area contributed by atoms with Crippen molar-refractivity contribution in [3.63, 3.8) is 0 Å². The minimum absolute atomic E-state index is 0.275. The van der Waals surface area contributed by atoms with Crippen LogP contribution in [0.2, 0.25) is 0 Å². The van der Waals surface area contributed by atoms with Crippen LogP contribution in [0.4, 0.5) is 23.2 Å². The fraction of sp³-hybridized carbons (Fsp3) is 0.269. The van der Waals surface area contributed by atoms with Gasteiger partial charge < -0.3 is 10.4 Å². The third kappa shape index (κ3) is 3.92. The molecule has 1 atom stereocenters. The van der Waals surface area contributed by atoms with Gasteiger partial charge in [-0.1, -0.05) is 18.2 Å². The van der Waals surface area contributed by atoms with E-state index in [1.807, 2.05) is 12.1 Å². The topological polar surface area (TPSA) is 50.1 Å². The minimum atomic E-state index is -4.91. The summed E-state index contributed by atoms with van der Waals surface area (Å²) in [5.74, 6) is -0.398. The molecule has 0 radical (unpaired) electrons. The fourth-order valence-electron chi connectivity index (χ4n) is 4.61. The van der Waals surface area contributed by atoms with E-state index < -0.39 is 24.1 Å². The van der Waals surface area contributed by atoms with Crippen molar-refractivity contribution >= 4 is 16.6 Å². The lowest BCUT2D eigenvalue weighted by atomic mass is 9.89. The summed E-state index contributed by atoms with van der Waals surface area (Å²) in [6.45, 7) is -0.718. The number of hydrogen-bond donors (Lipinski definition) is 2. The normalized spacial score (nSPS) is 15.7. The van der Waals surface area contributed by atoms with Crippen LogP contribution in [0, 0.1) is 5.82 Å². The van der Waals surface area contributed by atoms with E-state index in [1.54, 1.807) is 6.07 Å². The molecule has 0 aliphatic heterocycles. The molecule has 1 heterocycles. The van der Waals surface area contributed by atoms with Crippen molar-refractivity contribution in [2.75, 3.05) is 11.9 Å². The Kier molecular flexibility index (Phi) is 5.56. The van der Waals surface area contributed by atoms with Crippen molar-refractivity contribution in [1.82, 2.24) is 9.78 Å². The Morgan fingerprint density at radius 1 is 0.971 bits per heavy atom. The Bertz CT molecular complexity index is 1330. The van der Waals surface area contributed by atoms with Gasteiger partial charge in [-0.25, -0.2) is 9.07 Å². The predicted octanol–water partition coefficient (Wildman–Crippen LogP) is 5.91. The first-order valence-electron chi connectivity index (χ1n) is 11.1. The van der Waals surface area contributed by atoms with Crippen LogP contribution in [0.25, 0.3) is 16.6 Å². The molecule has 5 rings (SSSR count). The molecule has 3 aromatic carbocycles. The second-order valence-electron chi connectivity index (χ2n) is 8.67. The monoisotopic (exact) mass is 469 g/mol. The van der Waals surface area contributed by atoms with E-state index in [0.717, 1.165) is 36.8 Å². The Labute approximate surface area is 193 Å². The lowest BCUT2D eigenvalue weighted by Gasteiger charge is -2.32.